The molecule has 1 unspecified atom stereocenters. The van der Waals surface area contributed by atoms with Gasteiger partial charge in [-0.05, 0) is 141 Å². The van der Waals surface area contributed by atoms with Crippen LogP contribution in [0.2, 0.25) is 0 Å². The number of carbonyl (C=O) groups is 2. The van der Waals surface area contributed by atoms with Gasteiger partial charge in [0.25, 0.3) is 0 Å². The van der Waals surface area contributed by atoms with Crippen LogP contribution in [-0.4, -0.2) is 37.9 Å². The topological polar surface area (TPSA) is 61.8 Å². The van der Waals surface area contributed by atoms with E-state index >= 15 is 0 Å². The van der Waals surface area contributed by atoms with Crippen LogP contribution in [0.5, 0.6) is 0 Å². The molecule has 0 heterocycles. The molecular formula is C63H98O5. The van der Waals surface area contributed by atoms with E-state index in [-0.39, 0.29) is 25.2 Å². The minimum Gasteiger partial charge on any atom is -0.462 e. The van der Waals surface area contributed by atoms with E-state index in [9.17, 15) is 9.59 Å². The Morgan fingerprint density at radius 3 is 1.01 bits per heavy atom. The van der Waals surface area contributed by atoms with Gasteiger partial charge in [-0.15, -0.1) is 0 Å². The van der Waals surface area contributed by atoms with E-state index in [1.807, 2.05) is 0 Å². The molecular weight excluding hydrogens is 837 g/mol. The summed E-state index contributed by atoms with van der Waals surface area (Å²) < 4.78 is 17.3. The minimum atomic E-state index is -0.600. The summed E-state index contributed by atoms with van der Waals surface area (Å²) in [6.45, 7) is 7.30. The van der Waals surface area contributed by atoms with Crippen LogP contribution < -0.4 is 0 Å². The van der Waals surface area contributed by atoms with Crippen molar-refractivity contribution in [2.24, 2.45) is 0 Å². The van der Waals surface area contributed by atoms with Crippen LogP contribution in [0.1, 0.15) is 201 Å². The fraction of sp³-hybridized carbons (Fsp3) is 0.556. The van der Waals surface area contributed by atoms with Gasteiger partial charge < -0.3 is 14.2 Å². The van der Waals surface area contributed by atoms with Crippen LogP contribution in [0.25, 0.3) is 0 Å². The van der Waals surface area contributed by atoms with E-state index in [0.717, 1.165) is 148 Å². The molecule has 0 rings (SSSR count). The van der Waals surface area contributed by atoms with Crippen LogP contribution in [-0.2, 0) is 23.8 Å². The Morgan fingerprint density at radius 1 is 0.324 bits per heavy atom. The molecule has 68 heavy (non-hydrogen) atoms. The Bertz CT molecular complexity index is 1520. The lowest BCUT2D eigenvalue weighted by molar-refractivity contribution is -0.163. The summed E-state index contributed by atoms with van der Waals surface area (Å²) >= 11 is 0. The summed E-state index contributed by atoms with van der Waals surface area (Å²) in [5, 5.41) is 0. The Hall–Kier alpha value is -4.48. The van der Waals surface area contributed by atoms with Gasteiger partial charge in [0, 0.05) is 19.4 Å². The van der Waals surface area contributed by atoms with Crippen molar-refractivity contribution >= 4 is 11.9 Å². The average Bonchev–Trinajstić information content (AvgIpc) is 3.34. The zero-order valence-corrected chi connectivity index (χ0v) is 43.6. The first-order chi connectivity index (χ1) is 33.6. The lowest BCUT2D eigenvalue weighted by Gasteiger charge is -2.18. The Kier molecular flexibility index (Phi) is 53.1. The highest BCUT2D eigenvalue weighted by Crippen LogP contribution is 2.11. The molecule has 1 atom stereocenters. The van der Waals surface area contributed by atoms with Crippen molar-refractivity contribution in [2.75, 3.05) is 19.8 Å². The second-order valence-corrected chi connectivity index (χ2v) is 17.0. The zero-order valence-electron chi connectivity index (χ0n) is 43.6. The molecule has 5 heteroatoms. The van der Waals surface area contributed by atoms with Gasteiger partial charge in [-0.25, -0.2) is 0 Å². The van der Waals surface area contributed by atoms with Gasteiger partial charge >= 0.3 is 11.9 Å². The van der Waals surface area contributed by atoms with Crippen LogP contribution >= 0.6 is 0 Å². The maximum Gasteiger partial charge on any atom is 0.306 e. The number of esters is 2. The molecule has 0 aromatic rings. The smallest absolute Gasteiger partial charge is 0.306 e. The van der Waals surface area contributed by atoms with Crippen molar-refractivity contribution in [3.8, 4) is 0 Å². The minimum absolute atomic E-state index is 0.0316. The molecule has 380 valence electrons. The second-order valence-electron chi connectivity index (χ2n) is 17.0. The molecule has 0 saturated carbocycles. The molecule has 0 spiro atoms. The molecule has 0 radical (unpaired) electrons. The van der Waals surface area contributed by atoms with Crippen LogP contribution in [0, 0.1) is 0 Å². The van der Waals surface area contributed by atoms with Crippen molar-refractivity contribution < 1.29 is 23.8 Å². The van der Waals surface area contributed by atoms with Crippen LogP contribution in [0.15, 0.2) is 158 Å². The van der Waals surface area contributed by atoms with Crippen LogP contribution in [0.4, 0.5) is 0 Å². The van der Waals surface area contributed by atoms with E-state index in [0.29, 0.717) is 19.4 Å². The molecule has 0 bridgehead atoms. The summed E-state index contributed by atoms with van der Waals surface area (Å²) in [7, 11) is 0. The Labute approximate surface area is 418 Å². The first-order valence-electron chi connectivity index (χ1n) is 27.0. The van der Waals surface area contributed by atoms with E-state index < -0.39 is 6.10 Å². The Balaban J connectivity index is 4.48. The number of ether oxygens (including phenoxy) is 3. The second kappa shape index (κ2) is 56.8. The highest BCUT2D eigenvalue weighted by molar-refractivity contribution is 5.70. The molecule has 5 nitrogen and oxygen atoms in total. The first-order valence-corrected chi connectivity index (χ1v) is 27.0. The van der Waals surface area contributed by atoms with Gasteiger partial charge in [0.05, 0.1) is 6.61 Å². The highest BCUT2D eigenvalue weighted by Gasteiger charge is 2.17. The van der Waals surface area contributed by atoms with Gasteiger partial charge in [0.15, 0.2) is 6.10 Å². The molecule has 0 fully saturated rings. The largest absolute Gasteiger partial charge is 0.462 e. The number of hydrogen-bond acceptors (Lipinski definition) is 5. The summed E-state index contributed by atoms with van der Waals surface area (Å²) in [6.07, 6.45) is 84.1. The lowest BCUT2D eigenvalue weighted by Crippen LogP contribution is -2.30. The Morgan fingerprint density at radius 2 is 0.618 bits per heavy atom. The van der Waals surface area contributed by atoms with Gasteiger partial charge in [-0.2, -0.15) is 0 Å². The monoisotopic (exact) mass is 935 g/mol. The normalized spacial score (nSPS) is 13.5. The number of hydrogen-bond donors (Lipinski definition) is 0. The fourth-order valence-corrected chi connectivity index (χ4v) is 6.63. The molecule has 0 amide bonds. The van der Waals surface area contributed by atoms with Crippen molar-refractivity contribution in [3.05, 3.63) is 158 Å². The maximum atomic E-state index is 12.8. The summed E-state index contributed by atoms with van der Waals surface area (Å²) in [6, 6.07) is 0. The van der Waals surface area contributed by atoms with Crippen molar-refractivity contribution in [1.82, 2.24) is 0 Å². The predicted octanol–water partition coefficient (Wildman–Crippen LogP) is 18.7. The molecule has 0 N–H and O–H groups in total. The van der Waals surface area contributed by atoms with E-state index in [2.05, 4.69) is 179 Å². The van der Waals surface area contributed by atoms with Gasteiger partial charge in [0.2, 0.25) is 0 Å². The number of allylic oxidation sites excluding steroid dienone is 26. The fourth-order valence-electron chi connectivity index (χ4n) is 6.63. The summed E-state index contributed by atoms with van der Waals surface area (Å²) in [5.41, 5.74) is 0. The molecule has 0 aromatic heterocycles. The number of unbranched alkanes of at least 4 members (excludes halogenated alkanes) is 10. The third-order valence-electron chi connectivity index (χ3n) is 10.5. The lowest BCUT2D eigenvalue weighted by atomic mass is 10.1. The van der Waals surface area contributed by atoms with Crippen LogP contribution in [0.3, 0.4) is 0 Å². The summed E-state index contributed by atoms with van der Waals surface area (Å²) in [5.74, 6) is -0.499. The molecule has 0 aliphatic heterocycles. The van der Waals surface area contributed by atoms with Crippen molar-refractivity contribution in [3.63, 3.8) is 0 Å². The van der Waals surface area contributed by atoms with Gasteiger partial charge in [0.1, 0.15) is 6.61 Å². The molecule has 0 aliphatic carbocycles. The first kappa shape index (κ1) is 63.5. The van der Waals surface area contributed by atoms with Crippen molar-refractivity contribution in [2.45, 2.75) is 207 Å². The standard InChI is InChI=1S/C63H98O5/c1-4-7-10-13-16-19-22-25-28-30-32-33-36-38-41-44-47-50-53-56-62(64)67-60-61(68-63(65)57-54-51-48-45-42-39-35-27-24-21-18-15-12-9-6-3)59-66-58-55-52-49-46-43-40-37-34-31-29-26-23-20-17-14-11-8-5-2/h7-12,16-21,25-29,32-35,37,42-43,45-46,61H,4-6,13-15,22-24,30-31,36,38-41,44,47-60H2,1-3H3/b10-7-,11-8-,12-9-,19-16-,20-17-,21-18-,28-25-,29-26-,33-32-,35-27-,37-34-,45-42-,46-43-. The maximum absolute atomic E-state index is 12.8. The molecule has 0 saturated heterocycles. The SMILES string of the molecule is CC/C=C\C/C=C\C/C=C\C/C=C\C/C=C\CCCCOCC(COC(=O)CCCCCCCC/C=C\C/C=C\C/C=C\C/C=C\CC)OC(=O)CCCC/C=C\C/C=C\C/C=C\C/C=C\CC. The third-order valence-corrected chi connectivity index (χ3v) is 10.5. The highest BCUT2D eigenvalue weighted by atomic mass is 16.6. The van der Waals surface area contributed by atoms with E-state index in [1.165, 1.54) is 19.3 Å². The van der Waals surface area contributed by atoms with E-state index in [1.54, 1.807) is 0 Å². The average molecular weight is 935 g/mol. The van der Waals surface area contributed by atoms with Gasteiger partial charge in [-0.1, -0.05) is 204 Å². The van der Waals surface area contributed by atoms with Gasteiger partial charge in [-0.3, -0.25) is 9.59 Å². The zero-order chi connectivity index (χ0) is 49.2. The molecule has 0 aromatic carbocycles. The van der Waals surface area contributed by atoms with E-state index in [4.69, 9.17) is 14.2 Å². The summed E-state index contributed by atoms with van der Waals surface area (Å²) in [4.78, 5) is 25.5. The third kappa shape index (κ3) is 54.1. The molecule has 0 aliphatic rings. The number of carbonyl (C=O) groups excluding carboxylic acids is 2. The number of rotatable bonds is 47. The quantitative estimate of drug-likeness (QED) is 0.0346. The predicted molar refractivity (Wildman–Crippen MR) is 297 cm³/mol. The van der Waals surface area contributed by atoms with Crippen molar-refractivity contribution in [1.29, 1.82) is 0 Å².